The highest BCUT2D eigenvalue weighted by atomic mass is 16.5. The third kappa shape index (κ3) is 5.08. The lowest BCUT2D eigenvalue weighted by molar-refractivity contribution is -0.135. The fourth-order valence-corrected chi connectivity index (χ4v) is 3.04. The maximum atomic E-state index is 12.3. The van der Waals surface area contributed by atoms with Gasteiger partial charge in [0.2, 0.25) is 0 Å². The van der Waals surface area contributed by atoms with Crippen molar-refractivity contribution in [3.8, 4) is 11.5 Å². The molecule has 0 aliphatic rings. The smallest absolute Gasteiger partial charge is 0.279 e. The maximum Gasteiger partial charge on any atom is 0.279 e. The van der Waals surface area contributed by atoms with E-state index in [0.29, 0.717) is 11.5 Å². The Morgan fingerprint density at radius 3 is 1.93 bits per heavy atom. The van der Waals surface area contributed by atoms with Gasteiger partial charge in [-0.05, 0) is 61.7 Å². The van der Waals surface area contributed by atoms with Crippen LogP contribution in [0, 0.1) is 13.8 Å². The van der Waals surface area contributed by atoms with Crippen LogP contribution in [-0.2, 0) is 9.59 Å². The molecule has 0 fully saturated rings. The summed E-state index contributed by atoms with van der Waals surface area (Å²) in [4.78, 5) is 24.6. The molecule has 6 heteroatoms. The lowest BCUT2D eigenvalue weighted by Gasteiger charge is -2.19. The number of carbonyl (C=O) groups is 2. The fourth-order valence-electron chi connectivity index (χ4n) is 3.04. The zero-order valence-corrected chi connectivity index (χ0v) is 17.6. The molecule has 2 amide bonds. The standard InChI is InChI=1S/C24H26N2O4/c1-15-8-7-9-16(2)22(15)30-18(4)24(28)26-25-23(27)17(3)29-21-13-12-19-10-5-6-11-20(19)14-21/h5-14,17-18H,1-4H3,(H,25,27)(H,26,28)/t17-,18+/m1/s1. The highest BCUT2D eigenvalue weighted by Gasteiger charge is 2.20. The van der Waals surface area contributed by atoms with Gasteiger partial charge in [0.15, 0.2) is 12.2 Å². The summed E-state index contributed by atoms with van der Waals surface area (Å²) in [5.41, 5.74) is 6.67. The molecule has 2 N–H and O–H groups in total. The molecule has 0 aliphatic heterocycles. The molecule has 3 aromatic rings. The van der Waals surface area contributed by atoms with E-state index in [1.165, 1.54) is 0 Å². The Morgan fingerprint density at radius 2 is 1.30 bits per heavy atom. The molecular weight excluding hydrogens is 380 g/mol. The van der Waals surface area contributed by atoms with Crippen LogP contribution in [0.3, 0.4) is 0 Å². The molecule has 0 aromatic heterocycles. The molecule has 0 saturated carbocycles. The number of hydrazine groups is 1. The summed E-state index contributed by atoms with van der Waals surface area (Å²) in [6.07, 6.45) is -1.57. The zero-order chi connectivity index (χ0) is 21.7. The number of amides is 2. The van der Waals surface area contributed by atoms with Gasteiger partial charge in [0.05, 0.1) is 0 Å². The van der Waals surface area contributed by atoms with E-state index in [1.54, 1.807) is 13.8 Å². The molecule has 0 spiro atoms. The molecule has 0 heterocycles. The van der Waals surface area contributed by atoms with Crippen LogP contribution in [0.15, 0.2) is 60.7 Å². The van der Waals surface area contributed by atoms with Gasteiger partial charge in [-0.3, -0.25) is 20.4 Å². The van der Waals surface area contributed by atoms with E-state index in [9.17, 15) is 9.59 Å². The monoisotopic (exact) mass is 406 g/mol. The van der Waals surface area contributed by atoms with Crippen molar-refractivity contribution in [3.05, 3.63) is 71.8 Å². The van der Waals surface area contributed by atoms with Crippen molar-refractivity contribution < 1.29 is 19.1 Å². The fraction of sp³-hybridized carbons (Fsp3) is 0.250. The topological polar surface area (TPSA) is 76.7 Å². The number of hydrogen-bond donors (Lipinski definition) is 2. The average molecular weight is 406 g/mol. The van der Waals surface area contributed by atoms with Crippen LogP contribution in [0.4, 0.5) is 0 Å². The summed E-state index contributed by atoms with van der Waals surface area (Å²) in [5, 5.41) is 2.11. The molecule has 30 heavy (non-hydrogen) atoms. The molecule has 3 rings (SSSR count). The summed E-state index contributed by atoms with van der Waals surface area (Å²) in [5.74, 6) is 0.327. The predicted molar refractivity (Wildman–Crippen MR) is 116 cm³/mol. The van der Waals surface area contributed by atoms with Crippen molar-refractivity contribution in [2.24, 2.45) is 0 Å². The minimum absolute atomic E-state index is 0.455. The van der Waals surface area contributed by atoms with Crippen molar-refractivity contribution in [1.82, 2.24) is 10.9 Å². The van der Waals surface area contributed by atoms with Crippen LogP contribution >= 0.6 is 0 Å². The Hall–Kier alpha value is -3.54. The molecule has 0 saturated heterocycles. The van der Waals surface area contributed by atoms with E-state index in [1.807, 2.05) is 74.5 Å². The van der Waals surface area contributed by atoms with Gasteiger partial charge in [-0.1, -0.05) is 48.5 Å². The van der Waals surface area contributed by atoms with Crippen molar-refractivity contribution >= 4 is 22.6 Å². The molecule has 0 aliphatic carbocycles. The predicted octanol–water partition coefficient (Wildman–Crippen LogP) is 3.84. The summed E-state index contributed by atoms with van der Waals surface area (Å²) in [6.45, 7) is 7.08. The van der Waals surface area contributed by atoms with Crippen LogP contribution in [0.5, 0.6) is 11.5 Å². The summed E-state index contributed by atoms with van der Waals surface area (Å²) in [7, 11) is 0. The van der Waals surface area contributed by atoms with Crippen molar-refractivity contribution in [2.75, 3.05) is 0 Å². The highest BCUT2D eigenvalue weighted by molar-refractivity contribution is 5.87. The van der Waals surface area contributed by atoms with Gasteiger partial charge >= 0.3 is 0 Å². The first-order valence-electron chi connectivity index (χ1n) is 9.83. The quantitative estimate of drug-likeness (QED) is 0.610. The number of benzene rings is 3. The van der Waals surface area contributed by atoms with Crippen LogP contribution in [0.25, 0.3) is 10.8 Å². The van der Waals surface area contributed by atoms with E-state index in [4.69, 9.17) is 9.47 Å². The molecule has 156 valence electrons. The van der Waals surface area contributed by atoms with Gasteiger partial charge in [0, 0.05) is 0 Å². The minimum Gasteiger partial charge on any atom is -0.481 e. The highest BCUT2D eigenvalue weighted by Crippen LogP contribution is 2.23. The number of hydrogen-bond acceptors (Lipinski definition) is 4. The number of nitrogens with one attached hydrogen (secondary N) is 2. The molecule has 0 unspecified atom stereocenters. The van der Waals surface area contributed by atoms with Crippen molar-refractivity contribution in [3.63, 3.8) is 0 Å². The van der Waals surface area contributed by atoms with Gasteiger partial charge < -0.3 is 9.47 Å². The van der Waals surface area contributed by atoms with Gasteiger partial charge in [0.1, 0.15) is 11.5 Å². The Labute approximate surface area is 176 Å². The third-order valence-corrected chi connectivity index (χ3v) is 4.78. The number of aryl methyl sites for hydroxylation is 2. The summed E-state index contributed by atoms with van der Waals surface area (Å²) in [6, 6.07) is 19.3. The van der Waals surface area contributed by atoms with Gasteiger partial charge in [-0.2, -0.15) is 0 Å². The second kappa shape index (κ2) is 9.31. The number of ether oxygens (including phenoxy) is 2. The molecule has 3 aromatic carbocycles. The van der Waals surface area contributed by atoms with Gasteiger partial charge in [0.25, 0.3) is 11.8 Å². The van der Waals surface area contributed by atoms with Crippen LogP contribution in [0.2, 0.25) is 0 Å². The second-order valence-electron chi connectivity index (χ2n) is 7.23. The van der Waals surface area contributed by atoms with Crippen molar-refractivity contribution in [1.29, 1.82) is 0 Å². The first kappa shape index (κ1) is 21.2. The molecule has 2 atom stereocenters. The first-order valence-corrected chi connectivity index (χ1v) is 9.83. The number of carbonyl (C=O) groups excluding carboxylic acids is 2. The summed E-state index contributed by atoms with van der Waals surface area (Å²) < 4.78 is 11.5. The van der Waals surface area contributed by atoms with Gasteiger partial charge in [-0.15, -0.1) is 0 Å². The molecule has 6 nitrogen and oxygen atoms in total. The Balaban J connectivity index is 1.52. The maximum absolute atomic E-state index is 12.3. The summed E-state index contributed by atoms with van der Waals surface area (Å²) >= 11 is 0. The molecule has 0 radical (unpaired) electrons. The lowest BCUT2D eigenvalue weighted by atomic mass is 10.1. The van der Waals surface area contributed by atoms with E-state index >= 15 is 0 Å². The zero-order valence-electron chi connectivity index (χ0n) is 17.6. The van der Waals surface area contributed by atoms with Crippen LogP contribution < -0.4 is 20.3 Å². The van der Waals surface area contributed by atoms with Crippen LogP contribution in [0.1, 0.15) is 25.0 Å². The van der Waals surface area contributed by atoms with E-state index in [0.717, 1.165) is 21.9 Å². The average Bonchev–Trinajstić information content (AvgIpc) is 2.74. The number of rotatable bonds is 6. The third-order valence-electron chi connectivity index (χ3n) is 4.78. The largest absolute Gasteiger partial charge is 0.481 e. The molecular formula is C24H26N2O4. The normalized spacial score (nSPS) is 12.7. The second-order valence-corrected chi connectivity index (χ2v) is 7.23. The van der Waals surface area contributed by atoms with Crippen LogP contribution in [-0.4, -0.2) is 24.0 Å². The van der Waals surface area contributed by atoms with Gasteiger partial charge in [-0.25, -0.2) is 0 Å². The Bertz CT molecular complexity index is 1040. The molecule has 0 bridgehead atoms. The van der Waals surface area contributed by atoms with Crippen molar-refractivity contribution in [2.45, 2.75) is 39.9 Å². The van der Waals surface area contributed by atoms with E-state index < -0.39 is 24.0 Å². The lowest BCUT2D eigenvalue weighted by Crippen LogP contribution is -2.50. The first-order chi connectivity index (χ1) is 14.3. The van der Waals surface area contributed by atoms with E-state index in [-0.39, 0.29) is 0 Å². The van der Waals surface area contributed by atoms with E-state index in [2.05, 4.69) is 10.9 Å². The number of para-hydroxylation sites is 1. The Kier molecular flexibility index (Phi) is 6.57. The SMILES string of the molecule is Cc1cccc(C)c1O[C@@H](C)C(=O)NNC(=O)[C@@H](C)Oc1ccc2ccccc2c1. The minimum atomic E-state index is -0.790. The Morgan fingerprint density at radius 1 is 0.733 bits per heavy atom. The number of fused-ring (bicyclic) bond motifs is 1.